The summed E-state index contributed by atoms with van der Waals surface area (Å²) in [6.45, 7) is 0. The van der Waals surface area contributed by atoms with Crippen LogP contribution in [0.15, 0.2) is 229 Å². The predicted molar refractivity (Wildman–Crippen MR) is 245 cm³/mol. The van der Waals surface area contributed by atoms with Gasteiger partial charge in [0.15, 0.2) is 0 Å². The monoisotopic (exact) mass is 739 g/mol. The van der Waals surface area contributed by atoms with Gasteiger partial charge in [-0.1, -0.05) is 176 Å². The van der Waals surface area contributed by atoms with Crippen molar-refractivity contribution in [3.63, 3.8) is 0 Å². The second-order valence-electron chi connectivity index (χ2n) is 14.9. The summed E-state index contributed by atoms with van der Waals surface area (Å²) in [4.78, 5) is 2.40. The van der Waals surface area contributed by atoms with Crippen molar-refractivity contribution in [2.45, 2.75) is 0 Å². The van der Waals surface area contributed by atoms with Crippen LogP contribution in [0.3, 0.4) is 0 Å². The molecule has 2 nitrogen and oxygen atoms in total. The smallest absolute Gasteiger partial charge is 0.137 e. The highest BCUT2D eigenvalue weighted by molar-refractivity contribution is 6.16. The van der Waals surface area contributed by atoms with Crippen molar-refractivity contribution < 1.29 is 4.42 Å². The molecule has 0 saturated carbocycles. The van der Waals surface area contributed by atoms with Gasteiger partial charge < -0.3 is 9.32 Å². The Kier molecular flexibility index (Phi) is 8.19. The number of fused-ring (bicyclic) bond motifs is 6. The predicted octanol–water partition coefficient (Wildman–Crippen LogP) is 16.0. The van der Waals surface area contributed by atoms with Crippen molar-refractivity contribution in [2.75, 3.05) is 4.90 Å². The number of rotatable bonds is 7. The van der Waals surface area contributed by atoms with E-state index in [-0.39, 0.29) is 0 Å². The molecule has 0 bridgehead atoms. The highest BCUT2D eigenvalue weighted by Gasteiger charge is 2.23. The third-order valence-corrected chi connectivity index (χ3v) is 11.5. The van der Waals surface area contributed by atoms with E-state index in [9.17, 15) is 0 Å². The first-order valence-electron chi connectivity index (χ1n) is 19.8. The van der Waals surface area contributed by atoms with Crippen molar-refractivity contribution in [1.29, 1.82) is 0 Å². The molecule has 11 aromatic rings. The molecule has 0 radical (unpaired) electrons. The van der Waals surface area contributed by atoms with E-state index in [0.29, 0.717) is 0 Å². The number of hydrogen-bond acceptors (Lipinski definition) is 2. The minimum atomic E-state index is 0.857. The van der Waals surface area contributed by atoms with Gasteiger partial charge in [0, 0.05) is 33.8 Å². The van der Waals surface area contributed by atoms with Crippen molar-refractivity contribution >= 4 is 60.5 Å². The van der Waals surface area contributed by atoms with Crippen molar-refractivity contribution in [3.8, 4) is 44.5 Å². The molecule has 1 aromatic heterocycles. The van der Waals surface area contributed by atoms with Gasteiger partial charge in [0.2, 0.25) is 0 Å². The molecule has 0 aliphatic carbocycles. The van der Waals surface area contributed by atoms with Gasteiger partial charge in [-0.25, -0.2) is 0 Å². The fourth-order valence-electron chi connectivity index (χ4n) is 8.71. The fourth-order valence-corrected chi connectivity index (χ4v) is 8.71. The van der Waals surface area contributed by atoms with Crippen LogP contribution in [0.5, 0.6) is 0 Å². The van der Waals surface area contributed by atoms with Crippen molar-refractivity contribution in [2.24, 2.45) is 0 Å². The lowest BCUT2D eigenvalue weighted by Gasteiger charge is -2.29. The Morgan fingerprint density at radius 3 is 1.55 bits per heavy atom. The molecule has 0 fully saturated rings. The van der Waals surface area contributed by atoms with Gasteiger partial charge in [-0.2, -0.15) is 0 Å². The molecule has 0 N–H and O–H groups in total. The zero-order valence-electron chi connectivity index (χ0n) is 31.7. The second-order valence-corrected chi connectivity index (χ2v) is 14.9. The maximum Gasteiger partial charge on any atom is 0.137 e. The minimum absolute atomic E-state index is 0.857. The summed E-state index contributed by atoms with van der Waals surface area (Å²) in [5.74, 6) is 0. The van der Waals surface area contributed by atoms with Crippen LogP contribution >= 0.6 is 0 Å². The Labute approximate surface area is 337 Å². The highest BCUT2D eigenvalue weighted by Crippen LogP contribution is 2.48. The Hall–Kier alpha value is -7.68. The van der Waals surface area contributed by atoms with E-state index in [1.54, 1.807) is 0 Å². The quantitative estimate of drug-likeness (QED) is 0.151. The van der Waals surface area contributed by atoms with E-state index in [1.807, 2.05) is 12.1 Å². The summed E-state index contributed by atoms with van der Waals surface area (Å²) in [7, 11) is 0. The summed E-state index contributed by atoms with van der Waals surface area (Å²) in [5, 5.41) is 7.17. The molecule has 10 aromatic carbocycles. The number of furan rings is 1. The molecule has 0 saturated heterocycles. The van der Waals surface area contributed by atoms with Crippen LogP contribution in [0.1, 0.15) is 0 Å². The average Bonchev–Trinajstić information content (AvgIpc) is 3.68. The van der Waals surface area contributed by atoms with Crippen molar-refractivity contribution in [1.82, 2.24) is 0 Å². The summed E-state index contributed by atoms with van der Waals surface area (Å²) >= 11 is 0. The molecule has 1 heterocycles. The number of para-hydroxylation sites is 1. The van der Waals surface area contributed by atoms with E-state index in [1.165, 1.54) is 54.9 Å². The third-order valence-electron chi connectivity index (χ3n) is 11.5. The fraction of sp³-hybridized carbons (Fsp3) is 0. The molecule has 0 aliphatic heterocycles. The van der Waals surface area contributed by atoms with E-state index >= 15 is 0 Å². The number of benzene rings is 10. The largest absolute Gasteiger partial charge is 0.456 e. The number of nitrogens with zero attached hydrogens (tertiary/aromatic N) is 1. The van der Waals surface area contributed by atoms with Gasteiger partial charge in [-0.15, -0.1) is 0 Å². The molecule has 2 heteroatoms. The van der Waals surface area contributed by atoms with E-state index in [4.69, 9.17) is 4.42 Å². The van der Waals surface area contributed by atoms with Gasteiger partial charge in [-0.3, -0.25) is 0 Å². The number of anilines is 3. The minimum Gasteiger partial charge on any atom is -0.456 e. The molecule has 0 amide bonds. The zero-order chi connectivity index (χ0) is 38.4. The number of hydrogen-bond donors (Lipinski definition) is 0. The Morgan fingerprint density at radius 2 is 0.828 bits per heavy atom. The first-order valence-corrected chi connectivity index (χ1v) is 19.8. The van der Waals surface area contributed by atoms with Crippen LogP contribution in [-0.4, -0.2) is 0 Å². The van der Waals surface area contributed by atoms with Crippen LogP contribution in [0.4, 0.5) is 17.1 Å². The van der Waals surface area contributed by atoms with Crippen LogP contribution in [-0.2, 0) is 0 Å². The molecular formula is C56H37NO. The maximum atomic E-state index is 6.52. The van der Waals surface area contributed by atoms with Crippen LogP contribution in [0.25, 0.3) is 88.0 Å². The summed E-state index contributed by atoms with van der Waals surface area (Å²) in [5.41, 5.74) is 14.3. The normalized spacial score (nSPS) is 11.4. The lowest BCUT2D eigenvalue weighted by Crippen LogP contribution is -2.12. The first-order chi connectivity index (χ1) is 28.8. The van der Waals surface area contributed by atoms with Gasteiger partial charge >= 0.3 is 0 Å². The van der Waals surface area contributed by atoms with Gasteiger partial charge in [0.05, 0.1) is 5.69 Å². The van der Waals surface area contributed by atoms with Gasteiger partial charge in [0.1, 0.15) is 11.2 Å². The maximum absolute atomic E-state index is 6.52. The highest BCUT2D eigenvalue weighted by atomic mass is 16.3. The molecule has 0 atom stereocenters. The molecule has 0 unspecified atom stereocenters. The van der Waals surface area contributed by atoms with Crippen LogP contribution < -0.4 is 4.90 Å². The summed E-state index contributed by atoms with van der Waals surface area (Å²) in [6, 6.07) is 80.8. The Morgan fingerprint density at radius 1 is 0.293 bits per heavy atom. The summed E-state index contributed by atoms with van der Waals surface area (Å²) in [6.07, 6.45) is 0. The molecule has 0 spiro atoms. The standard InChI is InChI=1S/C56H37NO/c1-3-14-38(15-4-1)40-26-28-42(29-27-40)56-51(52-36-43-18-7-8-19-46(43)47-20-9-10-21-48(47)52)23-13-24-53(56)57(44-32-30-41(31-33-44)39-16-5-2-6-17-39)45-34-35-50-49-22-11-12-25-54(49)58-55(50)37-45/h1-37H. The molecule has 11 rings (SSSR count). The average molecular weight is 740 g/mol. The van der Waals surface area contributed by atoms with Crippen LogP contribution in [0.2, 0.25) is 0 Å². The summed E-state index contributed by atoms with van der Waals surface area (Å²) < 4.78 is 6.52. The Balaban J connectivity index is 1.19. The zero-order valence-corrected chi connectivity index (χ0v) is 31.7. The lowest BCUT2D eigenvalue weighted by atomic mass is 9.87. The third kappa shape index (κ3) is 5.82. The molecule has 58 heavy (non-hydrogen) atoms. The SMILES string of the molecule is c1ccc(-c2ccc(-c3c(-c4cc5ccccc5c5ccccc45)cccc3N(c3ccc(-c4ccccc4)cc3)c3ccc4c(c3)oc3ccccc34)cc2)cc1. The lowest BCUT2D eigenvalue weighted by molar-refractivity contribution is 0.669. The van der Waals surface area contributed by atoms with Gasteiger partial charge in [0.25, 0.3) is 0 Å². The van der Waals surface area contributed by atoms with Gasteiger partial charge in [-0.05, 0) is 103 Å². The topological polar surface area (TPSA) is 16.4 Å². The molecule has 272 valence electrons. The Bertz CT molecular complexity index is 3250. The molecule has 0 aliphatic rings. The van der Waals surface area contributed by atoms with E-state index < -0.39 is 0 Å². The van der Waals surface area contributed by atoms with E-state index in [0.717, 1.165) is 50.1 Å². The molecular weight excluding hydrogens is 703 g/mol. The first kappa shape index (κ1) is 33.6. The van der Waals surface area contributed by atoms with Crippen LogP contribution in [0, 0.1) is 0 Å². The van der Waals surface area contributed by atoms with Crippen molar-refractivity contribution in [3.05, 3.63) is 224 Å². The second kappa shape index (κ2) is 14.1. The van der Waals surface area contributed by atoms with E-state index in [2.05, 4.69) is 217 Å².